The van der Waals surface area contributed by atoms with E-state index >= 15 is 0 Å². The maximum absolute atomic E-state index is 13.6. The van der Waals surface area contributed by atoms with Crippen molar-refractivity contribution < 1.29 is 19.2 Å². The molecule has 10 nitrogen and oxygen atoms in total. The van der Waals surface area contributed by atoms with Crippen molar-refractivity contribution in [1.29, 1.82) is 0 Å². The van der Waals surface area contributed by atoms with Gasteiger partial charge < -0.3 is 15.5 Å². The summed E-state index contributed by atoms with van der Waals surface area (Å²) in [5.74, 6) is -0.874. The predicted octanol–water partition coefficient (Wildman–Crippen LogP) is 1.54. The van der Waals surface area contributed by atoms with Crippen LogP contribution in [0, 0.1) is 0 Å². The molecule has 4 unspecified atom stereocenters. The molecule has 10 heteroatoms. The molecular weight excluding hydrogens is 520 g/mol. The standard InChI is InChI=1S/C31H42N6O4/c1-20-16-26(36-41-20)31(40)35-25(18-28(38)37-15-9-14-27(37)23-12-7-4-8-13-23)30(39)33-21(2)29-32-19-24(34-29)17-22-10-5-3-6-11-22/h3-8,10-13,20-21,24-27,29,32,34,36H,9,14-19H2,1-2H3,(H,33,39)(H,35,40)/t20?,21-,24?,25-,26?,27+,29?/m0/s1. The third-order valence-electron chi connectivity index (χ3n) is 8.26. The second kappa shape index (κ2) is 13.6. The molecule has 5 rings (SSSR count). The lowest BCUT2D eigenvalue weighted by molar-refractivity contribution is -0.137. The van der Waals surface area contributed by atoms with Gasteiger partial charge in [0.05, 0.1) is 30.8 Å². The number of rotatable bonds is 10. The molecule has 3 aliphatic heterocycles. The molecule has 0 aromatic heterocycles. The summed E-state index contributed by atoms with van der Waals surface area (Å²) in [6, 6.07) is 18.6. The SMILES string of the molecule is CC1CC(C(=O)N[C@@H](CC(=O)N2CCC[C@@H]2c2ccccc2)C(=O)N[C@@H](C)C2NCC(Cc3ccccc3)N2)NO1. The second-order valence-corrected chi connectivity index (χ2v) is 11.5. The molecule has 0 radical (unpaired) electrons. The Morgan fingerprint density at radius 2 is 1.78 bits per heavy atom. The second-order valence-electron chi connectivity index (χ2n) is 11.5. The third-order valence-corrected chi connectivity index (χ3v) is 8.26. The average Bonchev–Trinajstić information content (AvgIpc) is 3.75. The van der Waals surface area contributed by atoms with Gasteiger partial charge in [0.25, 0.3) is 0 Å². The van der Waals surface area contributed by atoms with E-state index in [1.807, 2.05) is 67.3 Å². The van der Waals surface area contributed by atoms with Crippen molar-refractivity contribution >= 4 is 17.7 Å². The summed E-state index contributed by atoms with van der Waals surface area (Å²) >= 11 is 0. The molecule has 3 fully saturated rings. The molecule has 41 heavy (non-hydrogen) atoms. The van der Waals surface area contributed by atoms with Crippen molar-refractivity contribution in [3.8, 4) is 0 Å². The Hall–Kier alpha value is -3.31. The van der Waals surface area contributed by atoms with E-state index in [0.29, 0.717) is 13.0 Å². The number of nitrogens with one attached hydrogen (secondary N) is 5. The summed E-state index contributed by atoms with van der Waals surface area (Å²) < 4.78 is 0. The average molecular weight is 563 g/mol. The topological polar surface area (TPSA) is 124 Å². The highest BCUT2D eigenvalue weighted by molar-refractivity contribution is 5.93. The molecule has 7 atom stereocenters. The van der Waals surface area contributed by atoms with Crippen molar-refractivity contribution in [2.75, 3.05) is 13.1 Å². The minimum Gasteiger partial charge on any atom is -0.349 e. The van der Waals surface area contributed by atoms with Crippen LogP contribution >= 0.6 is 0 Å². The molecule has 0 spiro atoms. The first kappa shape index (κ1) is 29.2. The summed E-state index contributed by atoms with van der Waals surface area (Å²) in [6.45, 7) is 5.21. The molecule has 3 aliphatic rings. The number of nitrogens with zero attached hydrogens (tertiary/aromatic N) is 1. The fourth-order valence-corrected chi connectivity index (χ4v) is 6.05. The molecule has 3 heterocycles. The van der Waals surface area contributed by atoms with Gasteiger partial charge in [-0.2, -0.15) is 5.48 Å². The fourth-order valence-electron chi connectivity index (χ4n) is 6.05. The number of carbonyl (C=O) groups excluding carboxylic acids is 3. The smallest absolute Gasteiger partial charge is 0.243 e. The Bertz CT molecular complexity index is 1180. The summed E-state index contributed by atoms with van der Waals surface area (Å²) in [5.41, 5.74) is 5.07. The maximum Gasteiger partial charge on any atom is 0.243 e. The van der Waals surface area contributed by atoms with Crippen molar-refractivity contribution in [1.82, 2.24) is 31.6 Å². The number of benzene rings is 2. The van der Waals surface area contributed by atoms with Gasteiger partial charge in [0.15, 0.2) is 0 Å². The molecule has 0 saturated carbocycles. The van der Waals surface area contributed by atoms with Crippen LogP contribution in [0.2, 0.25) is 0 Å². The molecule has 3 saturated heterocycles. The molecule has 0 aliphatic carbocycles. The van der Waals surface area contributed by atoms with E-state index in [4.69, 9.17) is 4.84 Å². The van der Waals surface area contributed by atoms with Gasteiger partial charge in [0, 0.05) is 25.6 Å². The Morgan fingerprint density at radius 1 is 1.05 bits per heavy atom. The van der Waals surface area contributed by atoms with Gasteiger partial charge in [-0.1, -0.05) is 60.7 Å². The normalized spacial score (nSPS) is 27.4. The monoisotopic (exact) mass is 562 g/mol. The van der Waals surface area contributed by atoms with Crippen LogP contribution in [0.4, 0.5) is 0 Å². The minimum absolute atomic E-state index is 0.0266. The molecule has 220 valence electrons. The van der Waals surface area contributed by atoms with Crippen LogP contribution in [0.3, 0.4) is 0 Å². The van der Waals surface area contributed by atoms with Gasteiger partial charge in [-0.15, -0.1) is 0 Å². The van der Waals surface area contributed by atoms with Crippen LogP contribution in [0.1, 0.15) is 56.7 Å². The first-order chi connectivity index (χ1) is 19.9. The van der Waals surface area contributed by atoms with Crippen molar-refractivity contribution in [3.05, 3.63) is 71.8 Å². The lowest BCUT2D eigenvalue weighted by atomic mass is 10.0. The minimum atomic E-state index is -1.01. The molecule has 2 aromatic rings. The van der Waals surface area contributed by atoms with Crippen molar-refractivity contribution in [2.24, 2.45) is 0 Å². The molecular formula is C31H42N6O4. The Kier molecular flexibility index (Phi) is 9.66. The van der Waals surface area contributed by atoms with Gasteiger partial charge in [-0.25, -0.2) is 0 Å². The van der Waals surface area contributed by atoms with Crippen LogP contribution in [-0.2, 0) is 25.6 Å². The maximum atomic E-state index is 13.6. The predicted molar refractivity (Wildman–Crippen MR) is 155 cm³/mol. The number of hydrogen-bond donors (Lipinski definition) is 5. The van der Waals surface area contributed by atoms with E-state index in [0.717, 1.165) is 31.4 Å². The zero-order valence-corrected chi connectivity index (χ0v) is 23.8. The highest BCUT2D eigenvalue weighted by Gasteiger charge is 2.37. The first-order valence-electron chi connectivity index (χ1n) is 14.8. The summed E-state index contributed by atoms with van der Waals surface area (Å²) in [7, 11) is 0. The number of likely N-dealkylation sites (tertiary alicyclic amines) is 1. The lowest BCUT2D eigenvalue weighted by Crippen LogP contribution is -2.58. The molecule has 0 bridgehead atoms. The van der Waals surface area contributed by atoms with Crippen LogP contribution in [0.25, 0.3) is 0 Å². The number of hydrogen-bond acceptors (Lipinski definition) is 7. The lowest BCUT2D eigenvalue weighted by Gasteiger charge is -2.29. The van der Waals surface area contributed by atoms with Crippen LogP contribution < -0.4 is 26.7 Å². The van der Waals surface area contributed by atoms with E-state index in [-0.39, 0.29) is 54.5 Å². The van der Waals surface area contributed by atoms with Gasteiger partial charge in [0.1, 0.15) is 12.1 Å². The summed E-state index contributed by atoms with van der Waals surface area (Å²) in [4.78, 5) is 47.4. The van der Waals surface area contributed by atoms with Crippen LogP contribution in [0.15, 0.2) is 60.7 Å². The van der Waals surface area contributed by atoms with Crippen LogP contribution in [-0.4, -0.2) is 72.1 Å². The molecule has 2 aromatic carbocycles. The number of amides is 3. The van der Waals surface area contributed by atoms with Crippen molar-refractivity contribution in [3.63, 3.8) is 0 Å². The highest BCUT2D eigenvalue weighted by Crippen LogP contribution is 2.32. The van der Waals surface area contributed by atoms with E-state index in [1.165, 1.54) is 5.56 Å². The zero-order chi connectivity index (χ0) is 28.8. The molecule has 3 amide bonds. The summed E-state index contributed by atoms with van der Waals surface area (Å²) in [5, 5.41) is 12.9. The summed E-state index contributed by atoms with van der Waals surface area (Å²) in [6.07, 6.45) is 2.79. The molecule has 5 N–H and O–H groups in total. The van der Waals surface area contributed by atoms with Gasteiger partial charge in [-0.3, -0.25) is 29.9 Å². The van der Waals surface area contributed by atoms with Gasteiger partial charge in [-0.05, 0) is 44.2 Å². The first-order valence-corrected chi connectivity index (χ1v) is 14.8. The highest BCUT2D eigenvalue weighted by atomic mass is 16.7. The van der Waals surface area contributed by atoms with E-state index in [9.17, 15) is 14.4 Å². The van der Waals surface area contributed by atoms with E-state index in [2.05, 4.69) is 38.9 Å². The third kappa shape index (κ3) is 7.51. The van der Waals surface area contributed by atoms with Crippen LogP contribution in [0.5, 0.6) is 0 Å². The van der Waals surface area contributed by atoms with Crippen molar-refractivity contribution in [2.45, 2.75) is 88.4 Å². The van der Waals surface area contributed by atoms with E-state index in [1.54, 1.807) is 0 Å². The quantitative estimate of drug-likeness (QED) is 0.298. The number of hydroxylamine groups is 1. The fraction of sp³-hybridized carbons (Fsp3) is 0.516. The Morgan fingerprint density at radius 3 is 2.49 bits per heavy atom. The van der Waals surface area contributed by atoms with Gasteiger partial charge >= 0.3 is 0 Å². The number of carbonyl (C=O) groups is 3. The Labute approximate surface area is 241 Å². The van der Waals surface area contributed by atoms with Gasteiger partial charge in [0.2, 0.25) is 17.7 Å². The zero-order valence-electron chi connectivity index (χ0n) is 23.8. The largest absolute Gasteiger partial charge is 0.349 e. The Balaban J connectivity index is 1.22. The van der Waals surface area contributed by atoms with E-state index < -0.39 is 12.1 Å².